The second-order valence-electron chi connectivity index (χ2n) is 16.2. The van der Waals surface area contributed by atoms with Crippen LogP contribution in [0, 0.1) is 0 Å². The highest BCUT2D eigenvalue weighted by atomic mass is 16.7. The van der Waals surface area contributed by atoms with Crippen LogP contribution in [0.2, 0.25) is 0 Å². The van der Waals surface area contributed by atoms with E-state index in [4.69, 9.17) is 28.4 Å². The third-order valence-corrected chi connectivity index (χ3v) is 10.9. The van der Waals surface area contributed by atoms with Crippen molar-refractivity contribution in [1.29, 1.82) is 0 Å². The summed E-state index contributed by atoms with van der Waals surface area (Å²) in [7, 11) is 0. The van der Waals surface area contributed by atoms with Gasteiger partial charge in [-0.15, -0.1) is 0 Å². The van der Waals surface area contributed by atoms with Gasteiger partial charge in [0.1, 0.15) is 54.9 Å². The zero-order valence-corrected chi connectivity index (χ0v) is 36.7. The number of hydrogen-bond donors (Lipinski definition) is 7. The summed E-state index contributed by atoms with van der Waals surface area (Å²) in [6, 6.07) is 0. The molecule has 350 valence electrons. The highest BCUT2D eigenvalue weighted by Crippen LogP contribution is 2.26. The molecule has 2 fully saturated rings. The Balaban J connectivity index is 1.83. The van der Waals surface area contributed by atoms with E-state index in [1.807, 2.05) is 0 Å². The molecule has 0 saturated carbocycles. The molecule has 0 radical (unpaired) electrons. The Hall–Kier alpha value is -1.79. The van der Waals surface area contributed by atoms with Crippen LogP contribution < -0.4 is 0 Å². The van der Waals surface area contributed by atoms with Crippen molar-refractivity contribution < 1.29 is 69.0 Å². The molecular weight excluding hydrogens is 776 g/mol. The lowest BCUT2D eigenvalue weighted by Gasteiger charge is -2.42. The fraction of sp³-hybridized carbons (Fsp3) is 0.848. The molecule has 2 aliphatic rings. The summed E-state index contributed by atoms with van der Waals surface area (Å²) in [6.07, 6.45) is 19.3. The maximum Gasteiger partial charge on any atom is 0.306 e. The van der Waals surface area contributed by atoms with Crippen LogP contribution >= 0.6 is 0 Å². The lowest BCUT2D eigenvalue weighted by Crippen LogP contribution is -2.61. The maximum absolute atomic E-state index is 12.9. The molecule has 14 nitrogen and oxygen atoms in total. The maximum atomic E-state index is 12.9. The van der Waals surface area contributed by atoms with Gasteiger partial charge in [0.25, 0.3) is 0 Å². The lowest BCUT2D eigenvalue weighted by atomic mass is 9.98. The molecule has 2 rings (SSSR count). The molecule has 0 aromatic carbocycles. The molecule has 0 aliphatic carbocycles. The van der Waals surface area contributed by atoms with Gasteiger partial charge in [-0.25, -0.2) is 0 Å². The molecule has 11 atom stereocenters. The van der Waals surface area contributed by atoms with E-state index in [0.717, 1.165) is 57.8 Å². The number of carbonyl (C=O) groups is 1. The SMILES string of the molecule is CC/C=C\C/C=C\C/C=C\CCCCCC(=O)OC(COCCCCCCCCCCCCCCC)COC1OC(COC2OC(CO)C(O)C(O)C2O)C(O)C(O)C1O. The number of aliphatic hydroxyl groups excluding tert-OH is 7. The molecular formula is C46H82O14. The van der Waals surface area contributed by atoms with Crippen molar-refractivity contribution in [3.05, 3.63) is 36.5 Å². The number of unbranched alkanes of at least 4 members (excludes halogenated alkanes) is 15. The minimum Gasteiger partial charge on any atom is -0.457 e. The molecule has 0 spiro atoms. The summed E-state index contributed by atoms with van der Waals surface area (Å²) >= 11 is 0. The Morgan fingerprint density at radius 3 is 1.68 bits per heavy atom. The summed E-state index contributed by atoms with van der Waals surface area (Å²) in [6.45, 7) is 3.52. The number of hydrogen-bond acceptors (Lipinski definition) is 14. The predicted molar refractivity (Wildman–Crippen MR) is 229 cm³/mol. The summed E-state index contributed by atoms with van der Waals surface area (Å²) in [5.41, 5.74) is 0. The minimum absolute atomic E-state index is 0.0514. The van der Waals surface area contributed by atoms with Gasteiger partial charge < -0.3 is 64.2 Å². The Kier molecular flexibility index (Phi) is 31.4. The third kappa shape index (κ3) is 23.1. The Morgan fingerprint density at radius 1 is 0.567 bits per heavy atom. The molecule has 7 N–H and O–H groups in total. The van der Waals surface area contributed by atoms with Gasteiger partial charge in [0.2, 0.25) is 0 Å². The largest absolute Gasteiger partial charge is 0.457 e. The van der Waals surface area contributed by atoms with Crippen LogP contribution in [0.4, 0.5) is 0 Å². The fourth-order valence-electron chi connectivity index (χ4n) is 7.12. The highest BCUT2D eigenvalue weighted by Gasteiger charge is 2.47. The van der Waals surface area contributed by atoms with Crippen molar-refractivity contribution in [2.24, 2.45) is 0 Å². The quantitative estimate of drug-likeness (QED) is 0.0240. The minimum atomic E-state index is -1.71. The van der Waals surface area contributed by atoms with Gasteiger partial charge in [-0.3, -0.25) is 4.79 Å². The first-order valence-corrected chi connectivity index (χ1v) is 23.1. The van der Waals surface area contributed by atoms with Crippen molar-refractivity contribution >= 4 is 5.97 Å². The highest BCUT2D eigenvalue weighted by molar-refractivity contribution is 5.69. The van der Waals surface area contributed by atoms with Crippen LogP contribution in [-0.4, -0.2) is 142 Å². The van der Waals surface area contributed by atoms with E-state index < -0.39 is 86.7 Å². The summed E-state index contributed by atoms with van der Waals surface area (Å²) in [4.78, 5) is 12.9. The number of aliphatic hydroxyl groups is 7. The molecule has 11 unspecified atom stereocenters. The van der Waals surface area contributed by atoms with Gasteiger partial charge >= 0.3 is 5.97 Å². The van der Waals surface area contributed by atoms with E-state index >= 15 is 0 Å². The second kappa shape index (κ2) is 34.7. The van der Waals surface area contributed by atoms with E-state index in [1.54, 1.807) is 0 Å². The van der Waals surface area contributed by atoms with Crippen LogP contribution in [0.1, 0.15) is 149 Å². The van der Waals surface area contributed by atoms with Crippen LogP contribution in [-0.2, 0) is 33.2 Å². The van der Waals surface area contributed by atoms with Crippen LogP contribution in [0.15, 0.2) is 36.5 Å². The first-order chi connectivity index (χ1) is 29.1. The van der Waals surface area contributed by atoms with E-state index in [9.17, 15) is 40.5 Å². The number of carbonyl (C=O) groups excluding carboxylic acids is 1. The van der Waals surface area contributed by atoms with Gasteiger partial charge in [0, 0.05) is 13.0 Å². The lowest BCUT2D eigenvalue weighted by molar-refractivity contribution is -0.332. The topological polar surface area (TPSA) is 214 Å². The predicted octanol–water partition coefficient (Wildman–Crippen LogP) is 5.46. The number of ether oxygens (including phenoxy) is 6. The average molecular weight is 859 g/mol. The molecule has 2 saturated heterocycles. The van der Waals surface area contributed by atoms with Gasteiger partial charge in [-0.2, -0.15) is 0 Å². The van der Waals surface area contributed by atoms with Gasteiger partial charge in [0.05, 0.1) is 26.4 Å². The van der Waals surface area contributed by atoms with E-state index in [0.29, 0.717) is 13.0 Å². The van der Waals surface area contributed by atoms with E-state index in [-0.39, 0.29) is 19.6 Å². The Bertz CT molecular complexity index is 1130. The van der Waals surface area contributed by atoms with E-state index in [2.05, 4.69) is 50.3 Å². The molecule has 0 aromatic rings. The van der Waals surface area contributed by atoms with Gasteiger partial charge in [-0.05, 0) is 44.9 Å². The summed E-state index contributed by atoms with van der Waals surface area (Å²) in [5.74, 6) is -0.405. The van der Waals surface area contributed by atoms with Crippen LogP contribution in [0.3, 0.4) is 0 Å². The molecule has 0 aromatic heterocycles. The molecule has 60 heavy (non-hydrogen) atoms. The summed E-state index contributed by atoms with van der Waals surface area (Å²) < 4.78 is 34.1. The zero-order valence-electron chi connectivity index (χ0n) is 36.7. The first-order valence-electron chi connectivity index (χ1n) is 23.1. The van der Waals surface area contributed by atoms with Crippen molar-refractivity contribution in [2.45, 2.75) is 216 Å². The molecule has 2 heterocycles. The fourth-order valence-corrected chi connectivity index (χ4v) is 7.12. The monoisotopic (exact) mass is 859 g/mol. The number of esters is 1. The van der Waals surface area contributed by atoms with Crippen LogP contribution in [0.5, 0.6) is 0 Å². The second-order valence-corrected chi connectivity index (χ2v) is 16.2. The Labute approximate surface area is 359 Å². The first kappa shape index (κ1) is 54.3. The zero-order chi connectivity index (χ0) is 43.8. The van der Waals surface area contributed by atoms with Crippen molar-refractivity contribution in [3.8, 4) is 0 Å². The number of allylic oxidation sites excluding steroid dienone is 6. The molecule has 0 amide bonds. The van der Waals surface area contributed by atoms with E-state index in [1.165, 1.54) is 64.2 Å². The van der Waals surface area contributed by atoms with Crippen molar-refractivity contribution in [1.82, 2.24) is 0 Å². The smallest absolute Gasteiger partial charge is 0.306 e. The molecule has 14 heteroatoms. The summed E-state index contributed by atoms with van der Waals surface area (Å²) in [5, 5.41) is 71.9. The average Bonchev–Trinajstić information content (AvgIpc) is 3.24. The van der Waals surface area contributed by atoms with Gasteiger partial charge in [-0.1, -0.05) is 134 Å². The third-order valence-electron chi connectivity index (χ3n) is 10.9. The Morgan fingerprint density at radius 2 is 1.08 bits per heavy atom. The van der Waals surface area contributed by atoms with Crippen molar-refractivity contribution in [3.63, 3.8) is 0 Å². The number of rotatable bonds is 35. The van der Waals surface area contributed by atoms with Crippen molar-refractivity contribution in [2.75, 3.05) is 33.0 Å². The van der Waals surface area contributed by atoms with Gasteiger partial charge in [0.15, 0.2) is 12.6 Å². The van der Waals surface area contributed by atoms with Crippen LogP contribution in [0.25, 0.3) is 0 Å². The standard InChI is InChI=1S/C46H82O14/c1-3-5-7-9-11-13-15-17-19-21-23-25-27-29-38(48)58-35(32-55-30-28-26-24-22-20-18-16-14-12-10-8-6-4-2)33-56-45-44(54)42(52)40(50)37(60-45)34-57-46-43(53)41(51)39(49)36(31-47)59-46/h5,7,11,13,17,19,35-37,39-47,49-54H,3-4,6,8-10,12,14-16,18,20-34H2,1-2H3/b7-5-,13-11-,19-17-. The molecule has 2 aliphatic heterocycles. The normalized spacial score (nSPS) is 28.0. The molecule has 0 bridgehead atoms.